The van der Waals surface area contributed by atoms with E-state index in [1.54, 1.807) is 36.0 Å². The molecule has 1 saturated heterocycles. The van der Waals surface area contributed by atoms with Crippen LogP contribution in [0.1, 0.15) is 12.5 Å². The zero-order valence-electron chi connectivity index (χ0n) is 13.4. The standard InChI is InChI=1S/C16H21ClN2O4/c1-3-23-16(21)19-8-6-18(7-9-19)15(20)11-12-4-5-14(22-2)13(17)10-12/h4-5,10H,3,6-9,11H2,1-2H3. The number of nitrogens with zero attached hydrogens (tertiary/aromatic N) is 2. The molecule has 23 heavy (non-hydrogen) atoms. The summed E-state index contributed by atoms with van der Waals surface area (Å²) in [6.45, 7) is 4.15. The van der Waals surface area contributed by atoms with Gasteiger partial charge in [-0.3, -0.25) is 4.79 Å². The molecule has 0 bridgehead atoms. The second-order valence-corrected chi connectivity index (χ2v) is 5.62. The van der Waals surface area contributed by atoms with Gasteiger partial charge in [0.15, 0.2) is 0 Å². The van der Waals surface area contributed by atoms with E-state index in [0.717, 1.165) is 5.56 Å². The molecule has 1 aromatic rings. The Morgan fingerprint density at radius 3 is 2.39 bits per heavy atom. The van der Waals surface area contributed by atoms with Crippen LogP contribution in [0.25, 0.3) is 0 Å². The number of methoxy groups -OCH3 is 1. The molecule has 0 unspecified atom stereocenters. The first-order valence-corrected chi connectivity index (χ1v) is 7.94. The van der Waals surface area contributed by atoms with Gasteiger partial charge in [0.25, 0.3) is 0 Å². The van der Waals surface area contributed by atoms with E-state index in [9.17, 15) is 9.59 Å². The number of benzene rings is 1. The monoisotopic (exact) mass is 340 g/mol. The van der Waals surface area contributed by atoms with Crippen LogP contribution in [0.3, 0.4) is 0 Å². The largest absolute Gasteiger partial charge is 0.495 e. The quantitative estimate of drug-likeness (QED) is 0.843. The third kappa shape index (κ3) is 4.51. The van der Waals surface area contributed by atoms with Gasteiger partial charge in [-0.05, 0) is 24.6 Å². The van der Waals surface area contributed by atoms with Gasteiger partial charge in [0, 0.05) is 26.2 Å². The van der Waals surface area contributed by atoms with Crippen LogP contribution in [0.2, 0.25) is 5.02 Å². The summed E-state index contributed by atoms with van der Waals surface area (Å²) in [6, 6.07) is 5.33. The molecule has 7 heteroatoms. The van der Waals surface area contributed by atoms with Crippen molar-refractivity contribution in [1.82, 2.24) is 9.80 Å². The Bertz CT molecular complexity index is 571. The second kappa shape index (κ2) is 8.06. The molecule has 1 aromatic carbocycles. The Hall–Kier alpha value is -1.95. The molecule has 1 heterocycles. The number of hydrogen-bond acceptors (Lipinski definition) is 4. The van der Waals surface area contributed by atoms with Crippen LogP contribution in [-0.4, -0.2) is 61.7 Å². The minimum absolute atomic E-state index is 0.0229. The van der Waals surface area contributed by atoms with Gasteiger partial charge in [-0.2, -0.15) is 0 Å². The van der Waals surface area contributed by atoms with Gasteiger partial charge in [-0.1, -0.05) is 17.7 Å². The number of piperazine rings is 1. The molecule has 6 nitrogen and oxygen atoms in total. The lowest BCUT2D eigenvalue weighted by Crippen LogP contribution is -2.51. The van der Waals surface area contributed by atoms with Crippen molar-refractivity contribution in [1.29, 1.82) is 0 Å². The molecule has 0 saturated carbocycles. The minimum Gasteiger partial charge on any atom is -0.495 e. The molecule has 1 aliphatic rings. The van der Waals surface area contributed by atoms with Crippen molar-refractivity contribution >= 4 is 23.6 Å². The van der Waals surface area contributed by atoms with Crippen LogP contribution in [0, 0.1) is 0 Å². The summed E-state index contributed by atoms with van der Waals surface area (Å²) >= 11 is 6.07. The number of halogens is 1. The van der Waals surface area contributed by atoms with Crippen molar-refractivity contribution in [3.8, 4) is 5.75 Å². The van der Waals surface area contributed by atoms with E-state index in [-0.39, 0.29) is 18.4 Å². The summed E-state index contributed by atoms with van der Waals surface area (Å²) in [6.07, 6.45) is -0.0371. The molecule has 0 aliphatic carbocycles. The first kappa shape index (κ1) is 17.4. The molecule has 2 amide bonds. The van der Waals surface area contributed by atoms with Crippen LogP contribution in [-0.2, 0) is 16.0 Å². The average molecular weight is 341 g/mol. The first-order valence-electron chi connectivity index (χ1n) is 7.57. The predicted molar refractivity (Wildman–Crippen MR) is 86.9 cm³/mol. The maximum Gasteiger partial charge on any atom is 0.409 e. The fourth-order valence-corrected chi connectivity index (χ4v) is 2.74. The third-order valence-electron chi connectivity index (χ3n) is 3.73. The lowest BCUT2D eigenvalue weighted by molar-refractivity contribution is -0.132. The molecule has 0 atom stereocenters. The summed E-state index contributed by atoms with van der Waals surface area (Å²) in [4.78, 5) is 27.4. The Balaban J connectivity index is 1.88. The molecule has 1 fully saturated rings. The highest BCUT2D eigenvalue weighted by molar-refractivity contribution is 6.32. The lowest BCUT2D eigenvalue weighted by Gasteiger charge is -2.34. The van der Waals surface area contributed by atoms with E-state index < -0.39 is 0 Å². The van der Waals surface area contributed by atoms with Gasteiger partial charge in [-0.25, -0.2) is 4.79 Å². The van der Waals surface area contributed by atoms with E-state index in [4.69, 9.17) is 21.1 Å². The topological polar surface area (TPSA) is 59.1 Å². The van der Waals surface area contributed by atoms with Crippen molar-refractivity contribution in [2.45, 2.75) is 13.3 Å². The van der Waals surface area contributed by atoms with Crippen molar-refractivity contribution in [3.05, 3.63) is 28.8 Å². The molecule has 0 spiro atoms. The zero-order chi connectivity index (χ0) is 16.8. The van der Waals surface area contributed by atoms with Gasteiger partial charge in [-0.15, -0.1) is 0 Å². The maximum atomic E-state index is 12.4. The second-order valence-electron chi connectivity index (χ2n) is 5.21. The molecule has 2 rings (SSSR count). The fraction of sp³-hybridized carbons (Fsp3) is 0.500. The van der Waals surface area contributed by atoms with Crippen molar-refractivity contribution in [2.75, 3.05) is 39.9 Å². The predicted octanol–water partition coefficient (Wildman–Crippen LogP) is 2.19. The van der Waals surface area contributed by atoms with Gasteiger partial charge in [0.05, 0.1) is 25.2 Å². The highest BCUT2D eigenvalue weighted by atomic mass is 35.5. The number of ether oxygens (including phenoxy) is 2. The van der Waals surface area contributed by atoms with Crippen LogP contribution in [0.15, 0.2) is 18.2 Å². The summed E-state index contributed by atoms with van der Waals surface area (Å²) in [5.41, 5.74) is 0.841. The smallest absolute Gasteiger partial charge is 0.409 e. The number of carbonyl (C=O) groups is 2. The Labute approximate surface area is 140 Å². The number of amides is 2. The zero-order valence-corrected chi connectivity index (χ0v) is 14.1. The number of rotatable bonds is 4. The molecule has 0 aromatic heterocycles. The van der Waals surface area contributed by atoms with Crippen LogP contribution < -0.4 is 4.74 Å². The molecular formula is C16H21ClN2O4. The van der Waals surface area contributed by atoms with Gasteiger partial charge < -0.3 is 19.3 Å². The maximum absolute atomic E-state index is 12.4. The molecule has 0 radical (unpaired) electrons. The Morgan fingerprint density at radius 1 is 1.17 bits per heavy atom. The summed E-state index contributed by atoms with van der Waals surface area (Å²) in [5.74, 6) is 0.612. The third-order valence-corrected chi connectivity index (χ3v) is 4.03. The summed E-state index contributed by atoms with van der Waals surface area (Å²) in [7, 11) is 1.55. The highest BCUT2D eigenvalue weighted by Crippen LogP contribution is 2.25. The molecule has 126 valence electrons. The van der Waals surface area contributed by atoms with Crippen molar-refractivity contribution < 1.29 is 19.1 Å². The molecule has 0 N–H and O–H groups in total. The number of hydrogen-bond donors (Lipinski definition) is 0. The van der Waals surface area contributed by atoms with E-state index in [2.05, 4.69) is 0 Å². The number of carbonyl (C=O) groups excluding carboxylic acids is 2. The highest BCUT2D eigenvalue weighted by Gasteiger charge is 2.24. The van der Waals surface area contributed by atoms with Gasteiger partial charge >= 0.3 is 6.09 Å². The lowest BCUT2D eigenvalue weighted by atomic mass is 10.1. The molecular weight excluding hydrogens is 320 g/mol. The van der Waals surface area contributed by atoms with Crippen molar-refractivity contribution in [3.63, 3.8) is 0 Å². The minimum atomic E-state index is -0.318. The van der Waals surface area contributed by atoms with E-state index in [1.165, 1.54) is 0 Å². The fourth-order valence-electron chi connectivity index (χ4n) is 2.46. The van der Waals surface area contributed by atoms with Gasteiger partial charge in [0.2, 0.25) is 5.91 Å². The summed E-state index contributed by atoms with van der Waals surface area (Å²) < 4.78 is 10.1. The Morgan fingerprint density at radius 2 is 1.83 bits per heavy atom. The van der Waals surface area contributed by atoms with Crippen LogP contribution >= 0.6 is 11.6 Å². The van der Waals surface area contributed by atoms with Gasteiger partial charge in [0.1, 0.15) is 5.75 Å². The van der Waals surface area contributed by atoms with Crippen LogP contribution in [0.5, 0.6) is 5.75 Å². The summed E-state index contributed by atoms with van der Waals surface area (Å²) in [5, 5.41) is 0.491. The van der Waals surface area contributed by atoms with Crippen molar-refractivity contribution in [2.24, 2.45) is 0 Å². The first-order chi connectivity index (χ1) is 11.0. The Kier molecular flexibility index (Phi) is 6.10. The normalized spacial score (nSPS) is 14.6. The SMILES string of the molecule is CCOC(=O)N1CCN(C(=O)Cc2ccc(OC)c(Cl)c2)CC1. The van der Waals surface area contributed by atoms with E-state index >= 15 is 0 Å². The van der Waals surface area contributed by atoms with Crippen LogP contribution in [0.4, 0.5) is 4.79 Å². The average Bonchev–Trinajstić information content (AvgIpc) is 2.55. The van der Waals surface area contributed by atoms with E-state index in [1.807, 2.05) is 6.07 Å². The molecule has 1 aliphatic heterocycles. The van der Waals surface area contributed by atoms with E-state index in [0.29, 0.717) is 43.6 Å².